The summed E-state index contributed by atoms with van der Waals surface area (Å²) < 4.78 is 0. The number of nitrogens with one attached hydrogen (secondary N) is 1. The predicted octanol–water partition coefficient (Wildman–Crippen LogP) is 4.64. The van der Waals surface area contributed by atoms with Gasteiger partial charge in [-0.15, -0.1) is 0 Å². The highest BCUT2D eigenvalue weighted by Gasteiger charge is 2.07. The zero-order valence-corrected chi connectivity index (χ0v) is 12.4. The molecule has 0 saturated heterocycles. The van der Waals surface area contributed by atoms with Crippen LogP contribution in [0.3, 0.4) is 0 Å². The van der Waals surface area contributed by atoms with Gasteiger partial charge in [-0.25, -0.2) is 0 Å². The lowest BCUT2D eigenvalue weighted by molar-refractivity contribution is -0.115. The van der Waals surface area contributed by atoms with Crippen LogP contribution in [0.15, 0.2) is 48.5 Å². The van der Waals surface area contributed by atoms with Gasteiger partial charge in [0, 0.05) is 10.7 Å². The van der Waals surface area contributed by atoms with Gasteiger partial charge in [-0.1, -0.05) is 55.8 Å². The van der Waals surface area contributed by atoms with Crippen molar-refractivity contribution in [2.24, 2.45) is 0 Å². The number of amides is 1. The molecule has 0 aliphatic rings. The van der Waals surface area contributed by atoms with Gasteiger partial charge in [0.05, 0.1) is 6.42 Å². The van der Waals surface area contributed by atoms with Crippen molar-refractivity contribution in [1.82, 2.24) is 0 Å². The molecule has 0 fully saturated rings. The first-order valence-corrected chi connectivity index (χ1v) is 7.07. The Balaban J connectivity index is 1.99. The molecular weight excluding hydrogens is 270 g/mol. The third-order valence-corrected chi connectivity index (χ3v) is 3.54. The molecule has 2 rings (SSSR count). The van der Waals surface area contributed by atoms with Crippen LogP contribution in [0, 0.1) is 0 Å². The number of carbonyl (C=O) groups excluding carboxylic acids is 1. The lowest BCUT2D eigenvalue weighted by atomic mass is 10.0. The topological polar surface area (TPSA) is 29.1 Å². The van der Waals surface area contributed by atoms with Crippen molar-refractivity contribution in [3.05, 3.63) is 64.7 Å². The van der Waals surface area contributed by atoms with E-state index in [1.165, 1.54) is 5.56 Å². The molecule has 1 amide bonds. The molecule has 0 aromatic heterocycles. The van der Waals surface area contributed by atoms with Crippen molar-refractivity contribution < 1.29 is 4.79 Å². The molecule has 3 heteroatoms. The Hall–Kier alpha value is -1.80. The molecule has 0 bridgehead atoms. The van der Waals surface area contributed by atoms with Crippen LogP contribution < -0.4 is 5.32 Å². The fourth-order valence-corrected chi connectivity index (χ4v) is 2.17. The fourth-order valence-electron chi connectivity index (χ4n) is 1.97. The van der Waals surface area contributed by atoms with E-state index >= 15 is 0 Å². The lowest BCUT2D eigenvalue weighted by Gasteiger charge is -2.09. The molecule has 2 aromatic rings. The van der Waals surface area contributed by atoms with E-state index in [1.807, 2.05) is 42.5 Å². The van der Waals surface area contributed by atoms with E-state index in [0.29, 0.717) is 10.9 Å². The lowest BCUT2D eigenvalue weighted by Crippen LogP contribution is -2.14. The first kappa shape index (κ1) is 14.6. The zero-order chi connectivity index (χ0) is 14.5. The molecule has 104 valence electrons. The maximum atomic E-state index is 12.0. The normalized spacial score (nSPS) is 10.6. The van der Waals surface area contributed by atoms with Gasteiger partial charge in [-0.05, 0) is 35.2 Å². The minimum atomic E-state index is -0.0598. The summed E-state index contributed by atoms with van der Waals surface area (Å²) in [7, 11) is 0. The number of hydrogen-bond donors (Lipinski definition) is 1. The molecule has 2 nitrogen and oxygen atoms in total. The molecule has 0 aliphatic heterocycles. The number of hydrogen-bond acceptors (Lipinski definition) is 1. The molecule has 0 unspecified atom stereocenters. The summed E-state index contributed by atoms with van der Waals surface area (Å²) in [4.78, 5) is 12.0. The van der Waals surface area contributed by atoms with Crippen LogP contribution in [-0.4, -0.2) is 5.91 Å². The molecule has 0 saturated carbocycles. The van der Waals surface area contributed by atoms with E-state index < -0.39 is 0 Å². The standard InChI is InChI=1S/C17H18ClNO/c1-12(2)13-7-9-15(10-8-13)19-17(20)11-14-5-3-4-6-16(14)18/h3-10,12H,11H2,1-2H3,(H,19,20). The molecular formula is C17H18ClNO. The number of benzene rings is 2. The summed E-state index contributed by atoms with van der Waals surface area (Å²) in [5.74, 6) is 0.429. The second-order valence-electron chi connectivity index (χ2n) is 5.09. The molecule has 0 spiro atoms. The van der Waals surface area contributed by atoms with Crippen LogP contribution in [0.4, 0.5) is 5.69 Å². The Morgan fingerprint density at radius 2 is 1.75 bits per heavy atom. The molecule has 20 heavy (non-hydrogen) atoms. The highest BCUT2D eigenvalue weighted by molar-refractivity contribution is 6.31. The summed E-state index contributed by atoms with van der Waals surface area (Å²) in [6, 6.07) is 15.3. The Kier molecular flexibility index (Phi) is 4.80. The van der Waals surface area contributed by atoms with Crippen molar-refractivity contribution in [1.29, 1.82) is 0 Å². The van der Waals surface area contributed by atoms with E-state index in [1.54, 1.807) is 6.07 Å². The highest BCUT2D eigenvalue weighted by atomic mass is 35.5. The minimum absolute atomic E-state index is 0.0598. The van der Waals surface area contributed by atoms with E-state index in [4.69, 9.17) is 11.6 Å². The average Bonchev–Trinajstić information content (AvgIpc) is 2.42. The van der Waals surface area contributed by atoms with E-state index in [2.05, 4.69) is 19.2 Å². The second kappa shape index (κ2) is 6.58. The summed E-state index contributed by atoms with van der Waals surface area (Å²) in [6.07, 6.45) is 0.283. The number of carbonyl (C=O) groups is 1. The van der Waals surface area contributed by atoms with Gasteiger partial charge in [-0.2, -0.15) is 0 Å². The SMILES string of the molecule is CC(C)c1ccc(NC(=O)Cc2ccccc2Cl)cc1. The number of anilines is 1. The Labute approximate surface area is 124 Å². The van der Waals surface area contributed by atoms with E-state index in [-0.39, 0.29) is 12.3 Å². The molecule has 0 radical (unpaired) electrons. The molecule has 0 heterocycles. The highest BCUT2D eigenvalue weighted by Crippen LogP contribution is 2.18. The Morgan fingerprint density at radius 1 is 1.10 bits per heavy atom. The maximum Gasteiger partial charge on any atom is 0.228 e. The van der Waals surface area contributed by atoms with Gasteiger partial charge >= 0.3 is 0 Å². The molecule has 0 aliphatic carbocycles. The fraction of sp³-hybridized carbons (Fsp3) is 0.235. The van der Waals surface area contributed by atoms with Crippen LogP contribution in [0.2, 0.25) is 5.02 Å². The summed E-state index contributed by atoms with van der Waals surface area (Å²) in [5, 5.41) is 3.51. The van der Waals surface area contributed by atoms with Crippen LogP contribution in [0.25, 0.3) is 0 Å². The average molecular weight is 288 g/mol. The zero-order valence-electron chi connectivity index (χ0n) is 11.7. The van der Waals surface area contributed by atoms with Crippen LogP contribution in [-0.2, 0) is 11.2 Å². The van der Waals surface area contributed by atoms with Gasteiger partial charge in [0.1, 0.15) is 0 Å². The summed E-state index contributed by atoms with van der Waals surface area (Å²) in [5.41, 5.74) is 2.91. The van der Waals surface area contributed by atoms with Crippen molar-refractivity contribution >= 4 is 23.2 Å². The number of halogens is 1. The quantitative estimate of drug-likeness (QED) is 0.872. The Bertz CT molecular complexity index is 590. The van der Waals surface area contributed by atoms with Crippen molar-refractivity contribution in [3.63, 3.8) is 0 Å². The summed E-state index contributed by atoms with van der Waals surface area (Å²) >= 11 is 6.05. The number of rotatable bonds is 4. The minimum Gasteiger partial charge on any atom is -0.326 e. The van der Waals surface area contributed by atoms with Crippen molar-refractivity contribution in [2.45, 2.75) is 26.2 Å². The van der Waals surface area contributed by atoms with Crippen LogP contribution in [0.1, 0.15) is 30.9 Å². The third kappa shape index (κ3) is 3.84. The van der Waals surface area contributed by atoms with Gasteiger partial charge < -0.3 is 5.32 Å². The molecule has 1 N–H and O–H groups in total. The maximum absolute atomic E-state index is 12.0. The van der Waals surface area contributed by atoms with Crippen LogP contribution in [0.5, 0.6) is 0 Å². The van der Waals surface area contributed by atoms with Gasteiger partial charge in [0.25, 0.3) is 0 Å². The first-order chi connectivity index (χ1) is 9.56. The van der Waals surface area contributed by atoms with E-state index in [0.717, 1.165) is 11.3 Å². The van der Waals surface area contributed by atoms with Gasteiger partial charge in [0.2, 0.25) is 5.91 Å². The van der Waals surface area contributed by atoms with Gasteiger partial charge in [0.15, 0.2) is 0 Å². The van der Waals surface area contributed by atoms with Crippen molar-refractivity contribution in [2.75, 3.05) is 5.32 Å². The van der Waals surface area contributed by atoms with E-state index in [9.17, 15) is 4.79 Å². The molecule has 2 aromatic carbocycles. The second-order valence-corrected chi connectivity index (χ2v) is 5.50. The van der Waals surface area contributed by atoms with Crippen molar-refractivity contribution in [3.8, 4) is 0 Å². The monoisotopic (exact) mass is 287 g/mol. The smallest absolute Gasteiger partial charge is 0.228 e. The first-order valence-electron chi connectivity index (χ1n) is 6.69. The van der Waals surface area contributed by atoms with Crippen LogP contribution >= 0.6 is 11.6 Å². The largest absolute Gasteiger partial charge is 0.326 e. The third-order valence-electron chi connectivity index (χ3n) is 3.17. The Morgan fingerprint density at radius 3 is 2.35 bits per heavy atom. The van der Waals surface area contributed by atoms with Gasteiger partial charge in [-0.3, -0.25) is 4.79 Å². The summed E-state index contributed by atoms with van der Waals surface area (Å²) in [6.45, 7) is 4.29. The predicted molar refractivity (Wildman–Crippen MR) is 84.3 cm³/mol. The molecule has 0 atom stereocenters.